The smallest absolute Gasteiger partial charge is 0.304 e. The van der Waals surface area contributed by atoms with Crippen LogP contribution >= 0.6 is 0 Å². The van der Waals surface area contributed by atoms with Crippen LogP contribution in [0.5, 0.6) is 11.6 Å². The summed E-state index contributed by atoms with van der Waals surface area (Å²) in [6.07, 6.45) is 0. The quantitative estimate of drug-likeness (QED) is 0.737. The van der Waals surface area contributed by atoms with Gasteiger partial charge < -0.3 is 9.76 Å². The van der Waals surface area contributed by atoms with Gasteiger partial charge in [0.1, 0.15) is 5.75 Å². The van der Waals surface area contributed by atoms with Gasteiger partial charge in [0.05, 0.1) is 5.52 Å². The van der Waals surface area contributed by atoms with Gasteiger partial charge in [0.2, 0.25) is 5.88 Å². The summed E-state index contributed by atoms with van der Waals surface area (Å²) in [4.78, 5) is 4.46. The number of hydrogen-bond acceptors (Lipinski definition) is 3. The van der Waals surface area contributed by atoms with Gasteiger partial charge in [-0.25, -0.2) is 4.98 Å². The lowest BCUT2D eigenvalue weighted by molar-refractivity contribution is 0.465. The van der Waals surface area contributed by atoms with Crippen molar-refractivity contribution < 1.29 is 9.76 Å². The van der Waals surface area contributed by atoms with E-state index in [2.05, 4.69) is 4.98 Å². The van der Waals surface area contributed by atoms with E-state index >= 15 is 0 Å². The summed E-state index contributed by atoms with van der Waals surface area (Å²) in [5, 5.41) is 10.1. The van der Waals surface area contributed by atoms with Crippen LogP contribution in [0.4, 0.5) is 0 Å². The third-order valence-electron chi connectivity index (χ3n) is 3.15. The molecule has 0 radical (unpaired) electrons. The minimum atomic E-state index is 0.0392. The first-order valence-corrected chi connectivity index (χ1v) is 6.50. The Morgan fingerprint density at radius 2 is 1.80 bits per heavy atom. The topological polar surface area (TPSA) is 42.4 Å². The Morgan fingerprint density at radius 1 is 1.00 bits per heavy atom. The minimum absolute atomic E-state index is 0.0392. The third kappa shape index (κ3) is 2.65. The number of nitrogens with zero attached hydrogens (tertiary/aromatic N) is 1. The number of aryl methyl sites for hydroxylation is 1. The molecule has 20 heavy (non-hydrogen) atoms. The first-order valence-electron chi connectivity index (χ1n) is 6.50. The first kappa shape index (κ1) is 12.7. The number of fused-ring (bicyclic) bond motifs is 1. The van der Waals surface area contributed by atoms with Crippen molar-refractivity contribution in [2.45, 2.75) is 6.92 Å². The Bertz CT molecular complexity index is 741. The van der Waals surface area contributed by atoms with Gasteiger partial charge in [-0.3, -0.25) is 0 Å². The first-order chi connectivity index (χ1) is 9.74. The van der Waals surface area contributed by atoms with Crippen molar-refractivity contribution in [3.63, 3.8) is 0 Å². The zero-order chi connectivity index (χ0) is 13.9. The highest BCUT2D eigenvalue weighted by atomic mass is 16.5. The van der Waals surface area contributed by atoms with Crippen molar-refractivity contribution in [3.8, 4) is 11.6 Å². The fourth-order valence-corrected chi connectivity index (χ4v) is 2.04. The molecule has 0 saturated carbocycles. The Hall–Kier alpha value is -2.33. The van der Waals surface area contributed by atoms with Gasteiger partial charge in [-0.05, 0) is 36.6 Å². The van der Waals surface area contributed by atoms with E-state index in [0.29, 0.717) is 5.88 Å². The van der Waals surface area contributed by atoms with E-state index in [0.717, 1.165) is 22.1 Å². The summed E-state index contributed by atoms with van der Waals surface area (Å²) < 4.78 is 5.74. The van der Waals surface area contributed by atoms with E-state index in [-0.39, 0.29) is 7.48 Å². The van der Waals surface area contributed by atoms with Crippen molar-refractivity contribution >= 4 is 23.8 Å². The molecule has 0 fully saturated rings. The number of pyridine rings is 1. The highest BCUT2D eigenvalue weighted by Crippen LogP contribution is 2.22. The van der Waals surface area contributed by atoms with Crippen LogP contribution < -0.4 is 10.2 Å². The monoisotopic (exact) mass is 263 g/mol. The van der Waals surface area contributed by atoms with Crippen LogP contribution in [0.25, 0.3) is 10.9 Å². The second-order valence-electron chi connectivity index (χ2n) is 4.75. The molecule has 0 spiro atoms. The van der Waals surface area contributed by atoms with E-state index in [1.165, 1.54) is 5.56 Å². The molecule has 3 aromatic rings. The molecule has 3 rings (SSSR count). The van der Waals surface area contributed by atoms with E-state index < -0.39 is 0 Å². The predicted molar refractivity (Wildman–Crippen MR) is 82.0 cm³/mol. The zero-order valence-electron chi connectivity index (χ0n) is 11.2. The number of rotatable bonds is 3. The molecule has 0 aliphatic carbocycles. The lowest BCUT2D eigenvalue weighted by Gasteiger charge is -2.06. The Morgan fingerprint density at radius 3 is 2.55 bits per heavy atom. The standard InChI is InChI=1S/C16H14BNO2/c1-11-2-6-14(7-3-11)20-16-9-4-12-10-13(17-19)5-8-15(12)18-16/h2-10,17,19H,1H3. The molecule has 0 bridgehead atoms. The number of benzene rings is 2. The van der Waals surface area contributed by atoms with E-state index in [1.807, 2.05) is 61.5 Å². The summed E-state index contributed by atoms with van der Waals surface area (Å²) in [7, 11) is 0.0392. The number of ether oxygens (including phenoxy) is 1. The summed E-state index contributed by atoms with van der Waals surface area (Å²) >= 11 is 0. The number of aromatic nitrogens is 1. The molecule has 0 saturated heterocycles. The van der Waals surface area contributed by atoms with Crippen LogP contribution in [0.15, 0.2) is 54.6 Å². The Kier molecular flexibility index (Phi) is 3.40. The second-order valence-corrected chi connectivity index (χ2v) is 4.75. The van der Waals surface area contributed by atoms with Crippen molar-refractivity contribution in [2.24, 2.45) is 0 Å². The van der Waals surface area contributed by atoms with Gasteiger partial charge in [-0.2, -0.15) is 0 Å². The van der Waals surface area contributed by atoms with Gasteiger partial charge in [0, 0.05) is 6.07 Å². The van der Waals surface area contributed by atoms with Gasteiger partial charge >= 0.3 is 7.48 Å². The molecule has 0 atom stereocenters. The van der Waals surface area contributed by atoms with E-state index in [9.17, 15) is 0 Å². The van der Waals surface area contributed by atoms with Crippen LogP contribution in [0.3, 0.4) is 0 Å². The lowest BCUT2D eigenvalue weighted by Crippen LogP contribution is -2.12. The van der Waals surface area contributed by atoms with Crippen molar-refractivity contribution in [1.29, 1.82) is 0 Å². The van der Waals surface area contributed by atoms with Gasteiger partial charge in [0.15, 0.2) is 0 Å². The summed E-state index contributed by atoms with van der Waals surface area (Å²) in [6.45, 7) is 2.04. The largest absolute Gasteiger partial charge is 0.449 e. The second kappa shape index (κ2) is 5.35. The molecule has 4 heteroatoms. The molecular weight excluding hydrogens is 249 g/mol. The molecule has 1 heterocycles. The van der Waals surface area contributed by atoms with Crippen LogP contribution in [-0.4, -0.2) is 17.5 Å². The lowest BCUT2D eigenvalue weighted by atomic mass is 9.88. The van der Waals surface area contributed by atoms with Crippen LogP contribution in [-0.2, 0) is 0 Å². The molecule has 1 aromatic heterocycles. The molecule has 0 unspecified atom stereocenters. The molecule has 0 amide bonds. The maximum absolute atomic E-state index is 9.12. The fourth-order valence-electron chi connectivity index (χ4n) is 2.04. The van der Waals surface area contributed by atoms with Crippen molar-refractivity contribution in [1.82, 2.24) is 4.98 Å². The molecule has 0 aliphatic rings. The van der Waals surface area contributed by atoms with Crippen LogP contribution in [0.1, 0.15) is 5.56 Å². The molecule has 98 valence electrons. The average Bonchev–Trinajstić information content (AvgIpc) is 2.49. The highest BCUT2D eigenvalue weighted by molar-refractivity contribution is 6.45. The highest BCUT2D eigenvalue weighted by Gasteiger charge is 2.02. The molecular formula is C16H14BNO2. The van der Waals surface area contributed by atoms with Crippen LogP contribution in [0, 0.1) is 6.92 Å². The predicted octanol–water partition coefficient (Wildman–Crippen LogP) is 2.30. The van der Waals surface area contributed by atoms with Gasteiger partial charge in [-0.1, -0.05) is 35.3 Å². The van der Waals surface area contributed by atoms with E-state index in [1.54, 1.807) is 0 Å². The Balaban J connectivity index is 1.90. The summed E-state index contributed by atoms with van der Waals surface area (Å²) in [5.41, 5.74) is 2.93. The maximum Gasteiger partial charge on any atom is 0.304 e. The fraction of sp³-hybridized carbons (Fsp3) is 0.0625. The minimum Gasteiger partial charge on any atom is -0.449 e. The zero-order valence-corrected chi connectivity index (χ0v) is 11.2. The van der Waals surface area contributed by atoms with E-state index in [4.69, 9.17) is 9.76 Å². The average molecular weight is 263 g/mol. The number of hydrogen-bond donors (Lipinski definition) is 1. The molecule has 0 aliphatic heterocycles. The molecule has 1 N–H and O–H groups in total. The van der Waals surface area contributed by atoms with Gasteiger partial charge in [-0.15, -0.1) is 0 Å². The summed E-state index contributed by atoms with van der Waals surface area (Å²) in [6, 6.07) is 17.3. The van der Waals surface area contributed by atoms with Crippen molar-refractivity contribution in [2.75, 3.05) is 0 Å². The normalized spacial score (nSPS) is 10.5. The Labute approximate surface area is 118 Å². The SMILES string of the molecule is Cc1ccc(Oc2ccc3cc(BO)ccc3n2)cc1. The molecule has 3 nitrogen and oxygen atoms in total. The van der Waals surface area contributed by atoms with Crippen molar-refractivity contribution in [3.05, 3.63) is 60.2 Å². The molecule has 2 aromatic carbocycles. The maximum atomic E-state index is 9.12. The van der Waals surface area contributed by atoms with Crippen LogP contribution in [0.2, 0.25) is 0 Å². The van der Waals surface area contributed by atoms with Gasteiger partial charge in [0.25, 0.3) is 0 Å². The third-order valence-corrected chi connectivity index (χ3v) is 3.15. The summed E-state index contributed by atoms with van der Waals surface area (Å²) in [5.74, 6) is 1.34.